The predicted octanol–water partition coefficient (Wildman–Crippen LogP) is 1.45. The van der Waals surface area contributed by atoms with Crippen molar-refractivity contribution in [3.05, 3.63) is 26.3 Å². The fourth-order valence-corrected chi connectivity index (χ4v) is 3.27. The number of rotatable bonds is 5. The van der Waals surface area contributed by atoms with E-state index in [1.165, 1.54) is 4.57 Å². The molecule has 1 rings (SSSR count). The normalized spacial score (nSPS) is 11.8. The minimum atomic E-state index is -3.09. The van der Waals surface area contributed by atoms with Crippen molar-refractivity contribution in [2.45, 2.75) is 33.7 Å². The van der Waals surface area contributed by atoms with Gasteiger partial charge in [0, 0.05) is 18.0 Å². The van der Waals surface area contributed by atoms with Crippen LogP contribution in [0.1, 0.15) is 24.7 Å². The van der Waals surface area contributed by atoms with Crippen molar-refractivity contribution in [2.24, 2.45) is 0 Å². The standard InChI is InChI=1S/C11H17BrN2O3S/c1-4-6-18(16,17)7-5-14-9(3)10(12)8(2)13-11(14)15/h4-7H2,1-3H3. The van der Waals surface area contributed by atoms with Crippen LogP contribution in [0.3, 0.4) is 0 Å². The molecule has 0 aliphatic heterocycles. The van der Waals surface area contributed by atoms with Crippen molar-refractivity contribution < 1.29 is 8.42 Å². The molecule has 0 spiro atoms. The van der Waals surface area contributed by atoms with Crippen LogP contribution >= 0.6 is 15.9 Å². The van der Waals surface area contributed by atoms with Crippen LogP contribution in [0.5, 0.6) is 0 Å². The fraction of sp³-hybridized carbons (Fsp3) is 0.636. The molecule has 0 amide bonds. The van der Waals surface area contributed by atoms with Crippen molar-refractivity contribution in [2.75, 3.05) is 11.5 Å². The number of hydrogen-bond acceptors (Lipinski definition) is 4. The topological polar surface area (TPSA) is 69.0 Å². The van der Waals surface area contributed by atoms with E-state index in [1.807, 2.05) is 6.92 Å². The monoisotopic (exact) mass is 336 g/mol. The minimum absolute atomic E-state index is 0.0290. The van der Waals surface area contributed by atoms with Crippen LogP contribution < -0.4 is 5.69 Å². The summed E-state index contributed by atoms with van der Waals surface area (Å²) >= 11 is 3.34. The maximum atomic E-state index is 11.7. The van der Waals surface area contributed by atoms with Crippen molar-refractivity contribution >= 4 is 25.8 Å². The molecule has 7 heteroatoms. The largest absolute Gasteiger partial charge is 0.348 e. The van der Waals surface area contributed by atoms with E-state index < -0.39 is 15.5 Å². The van der Waals surface area contributed by atoms with Gasteiger partial charge in [-0.1, -0.05) is 6.92 Å². The highest BCUT2D eigenvalue weighted by Gasteiger charge is 2.13. The van der Waals surface area contributed by atoms with Gasteiger partial charge < -0.3 is 0 Å². The lowest BCUT2D eigenvalue weighted by atomic mass is 10.3. The van der Waals surface area contributed by atoms with Crippen molar-refractivity contribution in [1.29, 1.82) is 0 Å². The van der Waals surface area contributed by atoms with Crippen LogP contribution in [0.2, 0.25) is 0 Å². The lowest BCUT2D eigenvalue weighted by Gasteiger charge is -2.12. The summed E-state index contributed by atoms with van der Waals surface area (Å²) < 4.78 is 25.4. The molecule has 0 N–H and O–H groups in total. The van der Waals surface area contributed by atoms with E-state index in [4.69, 9.17) is 0 Å². The zero-order chi connectivity index (χ0) is 13.9. The molecule has 0 saturated carbocycles. The van der Waals surface area contributed by atoms with Crippen LogP contribution in [0, 0.1) is 13.8 Å². The summed E-state index contributed by atoms with van der Waals surface area (Å²) in [4.78, 5) is 15.6. The summed E-state index contributed by atoms with van der Waals surface area (Å²) in [6.45, 7) is 5.47. The second-order valence-electron chi connectivity index (χ2n) is 4.18. The highest BCUT2D eigenvalue weighted by molar-refractivity contribution is 9.10. The molecule has 1 aromatic rings. The molecule has 102 valence electrons. The Labute approximate surface area is 115 Å². The molecule has 0 saturated heterocycles. The second-order valence-corrected chi connectivity index (χ2v) is 7.28. The molecule has 1 aromatic heterocycles. The van der Waals surface area contributed by atoms with Gasteiger partial charge in [-0.05, 0) is 36.2 Å². The Morgan fingerprint density at radius 2 is 1.89 bits per heavy atom. The highest BCUT2D eigenvalue weighted by atomic mass is 79.9. The van der Waals surface area contributed by atoms with Gasteiger partial charge in [0.1, 0.15) is 0 Å². The molecule has 0 aromatic carbocycles. The molecular weight excluding hydrogens is 320 g/mol. The quantitative estimate of drug-likeness (QED) is 0.815. The van der Waals surface area contributed by atoms with Gasteiger partial charge in [0.05, 0.1) is 15.9 Å². The Hall–Kier alpha value is -0.690. The van der Waals surface area contributed by atoms with Crippen LogP contribution in [0.4, 0.5) is 0 Å². The summed E-state index contributed by atoms with van der Waals surface area (Å²) in [5, 5.41) is 0. The average molecular weight is 337 g/mol. The number of hydrogen-bond donors (Lipinski definition) is 0. The fourth-order valence-electron chi connectivity index (χ4n) is 1.68. The van der Waals surface area contributed by atoms with Gasteiger partial charge in [0.2, 0.25) is 0 Å². The van der Waals surface area contributed by atoms with E-state index in [0.29, 0.717) is 17.8 Å². The first-order valence-corrected chi connectivity index (χ1v) is 8.34. The molecule has 0 radical (unpaired) electrons. The van der Waals surface area contributed by atoms with Crippen LogP contribution in [-0.2, 0) is 16.4 Å². The highest BCUT2D eigenvalue weighted by Crippen LogP contribution is 2.16. The zero-order valence-electron chi connectivity index (χ0n) is 10.7. The number of sulfone groups is 1. The van der Waals surface area contributed by atoms with Gasteiger partial charge in [-0.3, -0.25) is 4.57 Å². The van der Waals surface area contributed by atoms with Gasteiger partial charge >= 0.3 is 5.69 Å². The summed E-state index contributed by atoms with van der Waals surface area (Å²) in [5.74, 6) is 0.125. The van der Waals surface area contributed by atoms with E-state index in [1.54, 1.807) is 13.8 Å². The van der Waals surface area contributed by atoms with Crippen molar-refractivity contribution in [1.82, 2.24) is 9.55 Å². The van der Waals surface area contributed by atoms with E-state index in [-0.39, 0.29) is 18.1 Å². The second kappa shape index (κ2) is 5.97. The number of halogens is 1. The maximum Gasteiger partial charge on any atom is 0.348 e. The Morgan fingerprint density at radius 1 is 1.28 bits per heavy atom. The first kappa shape index (κ1) is 15.4. The number of nitrogens with zero attached hydrogens (tertiary/aromatic N) is 2. The third-order valence-electron chi connectivity index (χ3n) is 2.68. The first-order chi connectivity index (χ1) is 8.28. The SMILES string of the molecule is CCCS(=O)(=O)CCn1c(C)c(Br)c(C)nc1=O. The molecule has 18 heavy (non-hydrogen) atoms. The van der Waals surface area contributed by atoms with Crippen LogP contribution in [0.25, 0.3) is 0 Å². The van der Waals surface area contributed by atoms with Crippen molar-refractivity contribution in [3.8, 4) is 0 Å². The molecule has 0 unspecified atom stereocenters. The average Bonchev–Trinajstić information content (AvgIpc) is 2.25. The van der Waals surface area contributed by atoms with Gasteiger partial charge in [-0.15, -0.1) is 0 Å². The Bertz CT molecular complexity index is 593. The summed E-state index contributed by atoms with van der Waals surface area (Å²) in [6, 6.07) is 0. The molecule has 0 atom stereocenters. The van der Waals surface area contributed by atoms with Crippen molar-refractivity contribution in [3.63, 3.8) is 0 Å². The molecule has 5 nitrogen and oxygen atoms in total. The third-order valence-corrected chi connectivity index (χ3v) is 5.66. The maximum absolute atomic E-state index is 11.7. The van der Waals surface area contributed by atoms with Gasteiger partial charge in [0.15, 0.2) is 9.84 Å². The molecule has 0 bridgehead atoms. The summed E-state index contributed by atoms with van der Waals surface area (Å²) in [7, 11) is -3.09. The van der Waals surface area contributed by atoms with E-state index in [2.05, 4.69) is 20.9 Å². The Kier molecular flexibility index (Phi) is 5.10. The smallest absolute Gasteiger partial charge is 0.294 e. The molecule has 0 aliphatic carbocycles. The summed E-state index contributed by atoms with van der Waals surface area (Å²) in [5.41, 5.74) is 0.921. The van der Waals surface area contributed by atoms with E-state index in [0.717, 1.165) is 4.47 Å². The summed E-state index contributed by atoms with van der Waals surface area (Å²) in [6.07, 6.45) is 0.589. The molecule has 1 heterocycles. The zero-order valence-corrected chi connectivity index (χ0v) is 13.1. The number of aromatic nitrogens is 2. The van der Waals surface area contributed by atoms with Gasteiger partial charge in [0.25, 0.3) is 0 Å². The Balaban J connectivity index is 3.00. The lowest BCUT2D eigenvalue weighted by molar-refractivity contribution is 0.581. The Morgan fingerprint density at radius 3 is 2.44 bits per heavy atom. The lowest BCUT2D eigenvalue weighted by Crippen LogP contribution is -2.29. The minimum Gasteiger partial charge on any atom is -0.294 e. The molecule has 0 fully saturated rings. The number of aryl methyl sites for hydroxylation is 1. The van der Waals surface area contributed by atoms with Gasteiger partial charge in [-0.2, -0.15) is 4.98 Å². The van der Waals surface area contributed by atoms with E-state index >= 15 is 0 Å². The third kappa shape index (κ3) is 3.65. The van der Waals surface area contributed by atoms with Crippen LogP contribution in [0.15, 0.2) is 9.27 Å². The van der Waals surface area contributed by atoms with Gasteiger partial charge in [-0.25, -0.2) is 13.2 Å². The van der Waals surface area contributed by atoms with E-state index in [9.17, 15) is 13.2 Å². The van der Waals surface area contributed by atoms with Crippen LogP contribution in [-0.4, -0.2) is 29.5 Å². The molecular formula is C11H17BrN2O3S. The molecule has 0 aliphatic rings. The first-order valence-electron chi connectivity index (χ1n) is 5.72. The predicted molar refractivity (Wildman–Crippen MR) is 74.6 cm³/mol.